The molecule has 0 amide bonds. The maximum Gasteiger partial charge on any atom is 0.240 e. The summed E-state index contributed by atoms with van der Waals surface area (Å²) in [5, 5.41) is 3.29. The highest BCUT2D eigenvalue weighted by atomic mass is 32.2. The molecule has 1 atom stereocenters. The van der Waals surface area contributed by atoms with E-state index in [-0.39, 0.29) is 6.04 Å². The normalized spacial score (nSPS) is 18.5. The Morgan fingerprint density at radius 1 is 1.05 bits per heavy atom. The lowest BCUT2D eigenvalue weighted by molar-refractivity contribution is 0.552. The van der Waals surface area contributed by atoms with E-state index in [1.165, 1.54) is 0 Å². The first-order valence-electron chi connectivity index (χ1n) is 7.54. The molecule has 0 bridgehead atoms. The molecule has 2 aromatic carbocycles. The molecule has 1 unspecified atom stereocenters. The van der Waals surface area contributed by atoms with Crippen molar-refractivity contribution in [3.05, 3.63) is 54.6 Å². The van der Waals surface area contributed by atoms with Crippen LogP contribution >= 0.6 is 0 Å². The van der Waals surface area contributed by atoms with E-state index in [2.05, 4.69) is 10.0 Å². The molecule has 2 N–H and O–H groups in total. The molecule has 0 spiro atoms. The molecule has 2 aromatic rings. The summed E-state index contributed by atoms with van der Waals surface area (Å²) in [4.78, 5) is 0.312. The van der Waals surface area contributed by atoms with Crippen LogP contribution in [0.15, 0.2) is 59.5 Å². The molecule has 116 valence electrons. The van der Waals surface area contributed by atoms with Gasteiger partial charge in [0.05, 0.1) is 4.90 Å². The van der Waals surface area contributed by atoms with Crippen LogP contribution in [0.25, 0.3) is 11.1 Å². The van der Waals surface area contributed by atoms with Crippen molar-refractivity contribution >= 4 is 10.0 Å². The van der Waals surface area contributed by atoms with Gasteiger partial charge >= 0.3 is 0 Å². The minimum Gasteiger partial charge on any atom is -0.313 e. The molecule has 1 aliphatic rings. The Morgan fingerprint density at radius 3 is 2.55 bits per heavy atom. The first-order chi connectivity index (χ1) is 10.6. The Bertz CT molecular complexity index is 723. The van der Waals surface area contributed by atoms with E-state index >= 15 is 0 Å². The summed E-state index contributed by atoms with van der Waals surface area (Å²) in [6, 6.07) is 17.1. The zero-order chi connectivity index (χ0) is 15.4. The molecule has 1 aliphatic heterocycles. The standard InChI is InChI=1S/C17H20N2O2S/c20-22(21,19-13-16-9-5-11-18-16)17-10-4-8-15(12-17)14-6-2-1-3-7-14/h1-4,6-8,10,12,16,18-19H,5,9,11,13H2. The predicted octanol–water partition coefficient (Wildman–Crippen LogP) is 2.38. The highest BCUT2D eigenvalue weighted by Gasteiger charge is 2.19. The summed E-state index contributed by atoms with van der Waals surface area (Å²) in [5.74, 6) is 0. The lowest BCUT2D eigenvalue weighted by atomic mass is 10.1. The third-order valence-electron chi connectivity index (χ3n) is 3.93. The van der Waals surface area contributed by atoms with Gasteiger partial charge in [0.15, 0.2) is 0 Å². The molecule has 1 saturated heterocycles. The summed E-state index contributed by atoms with van der Waals surface area (Å²) in [7, 11) is -3.47. The molecule has 0 radical (unpaired) electrons. The average Bonchev–Trinajstić information content (AvgIpc) is 3.08. The van der Waals surface area contributed by atoms with Crippen LogP contribution in [0.4, 0.5) is 0 Å². The van der Waals surface area contributed by atoms with Crippen LogP contribution in [0.1, 0.15) is 12.8 Å². The van der Waals surface area contributed by atoms with Gasteiger partial charge in [-0.25, -0.2) is 13.1 Å². The van der Waals surface area contributed by atoms with Gasteiger partial charge in [-0.1, -0.05) is 42.5 Å². The molecule has 22 heavy (non-hydrogen) atoms. The molecular weight excluding hydrogens is 296 g/mol. The lowest BCUT2D eigenvalue weighted by Crippen LogP contribution is -2.37. The van der Waals surface area contributed by atoms with Crippen LogP contribution in [0, 0.1) is 0 Å². The van der Waals surface area contributed by atoms with Gasteiger partial charge in [0.25, 0.3) is 0 Å². The summed E-state index contributed by atoms with van der Waals surface area (Å²) in [6.07, 6.45) is 2.13. The number of benzene rings is 2. The fraction of sp³-hybridized carbons (Fsp3) is 0.294. The quantitative estimate of drug-likeness (QED) is 0.890. The van der Waals surface area contributed by atoms with Gasteiger partial charge in [-0.3, -0.25) is 0 Å². The second-order valence-corrected chi connectivity index (χ2v) is 7.31. The van der Waals surface area contributed by atoms with Gasteiger partial charge in [-0.2, -0.15) is 0 Å². The van der Waals surface area contributed by atoms with Crippen molar-refractivity contribution in [1.82, 2.24) is 10.0 Å². The number of hydrogen-bond donors (Lipinski definition) is 2. The lowest BCUT2D eigenvalue weighted by Gasteiger charge is -2.12. The Kier molecular flexibility index (Phi) is 4.57. The van der Waals surface area contributed by atoms with Crippen LogP contribution in [0.5, 0.6) is 0 Å². The number of hydrogen-bond acceptors (Lipinski definition) is 3. The third-order valence-corrected chi connectivity index (χ3v) is 5.35. The van der Waals surface area contributed by atoms with Crippen LogP contribution in [-0.2, 0) is 10.0 Å². The smallest absolute Gasteiger partial charge is 0.240 e. The summed E-state index contributed by atoms with van der Waals surface area (Å²) >= 11 is 0. The molecule has 0 aliphatic carbocycles. The molecule has 1 fully saturated rings. The summed E-state index contributed by atoms with van der Waals surface area (Å²) in [6.45, 7) is 1.41. The molecule has 4 nitrogen and oxygen atoms in total. The fourth-order valence-electron chi connectivity index (χ4n) is 2.70. The van der Waals surface area contributed by atoms with Crippen LogP contribution in [-0.4, -0.2) is 27.5 Å². The predicted molar refractivity (Wildman–Crippen MR) is 88.1 cm³/mol. The second-order valence-electron chi connectivity index (χ2n) is 5.54. The monoisotopic (exact) mass is 316 g/mol. The van der Waals surface area contributed by atoms with Crippen LogP contribution < -0.4 is 10.0 Å². The number of sulfonamides is 1. The van der Waals surface area contributed by atoms with E-state index in [0.29, 0.717) is 11.4 Å². The van der Waals surface area contributed by atoms with E-state index in [1.54, 1.807) is 18.2 Å². The highest BCUT2D eigenvalue weighted by Crippen LogP contribution is 2.22. The van der Waals surface area contributed by atoms with Crippen molar-refractivity contribution in [3.63, 3.8) is 0 Å². The van der Waals surface area contributed by atoms with Crippen molar-refractivity contribution in [2.24, 2.45) is 0 Å². The Balaban J connectivity index is 1.78. The van der Waals surface area contributed by atoms with Gasteiger partial charge in [-0.05, 0) is 42.6 Å². The molecule has 5 heteroatoms. The highest BCUT2D eigenvalue weighted by molar-refractivity contribution is 7.89. The molecule has 0 saturated carbocycles. The second kappa shape index (κ2) is 6.60. The Morgan fingerprint density at radius 2 is 1.82 bits per heavy atom. The van der Waals surface area contributed by atoms with Gasteiger partial charge < -0.3 is 5.32 Å². The van der Waals surface area contributed by atoms with Crippen molar-refractivity contribution < 1.29 is 8.42 Å². The van der Waals surface area contributed by atoms with E-state index in [1.807, 2.05) is 36.4 Å². The first kappa shape index (κ1) is 15.2. The minimum atomic E-state index is -3.47. The minimum absolute atomic E-state index is 0.243. The number of nitrogens with one attached hydrogen (secondary N) is 2. The maximum atomic E-state index is 12.4. The van der Waals surface area contributed by atoms with Gasteiger partial charge in [0, 0.05) is 12.6 Å². The summed E-state index contributed by atoms with van der Waals surface area (Å²) < 4.78 is 27.6. The van der Waals surface area contributed by atoms with E-state index < -0.39 is 10.0 Å². The fourth-order valence-corrected chi connectivity index (χ4v) is 3.83. The number of rotatable bonds is 5. The Hall–Kier alpha value is -1.69. The first-order valence-corrected chi connectivity index (χ1v) is 9.02. The zero-order valence-electron chi connectivity index (χ0n) is 12.3. The average molecular weight is 316 g/mol. The maximum absolute atomic E-state index is 12.4. The Labute approximate surface area is 131 Å². The largest absolute Gasteiger partial charge is 0.313 e. The van der Waals surface area contributed by atoms with Gasteiger partial charge in [0.2, 0.25) is 10.0 Å². The van der Waals surface area contributed by atoms with E-state index in [4.69, 9.17) is 0 Å². The topological polar surface area (TPSA) is 58.2 Å². The van der Waals surface area contributed by atoms with Crippen molar-refractivity contribution in [2.45, 2.75) is 23.8 Å². The molecule has 3 rings (SSSR count). The van der Waals surface area contributed by atoms with Gasteiger partial charge in [-0.15, -0.1) is 0 Å². The zero-order valence-corrected chi connectivity index (χ0v) is 13.1. The molecule has 0 aromatic heterocycles. The summed E-state index contributed by atoms with van der Waals surface area (Å²) in [5.41, 5.74) is 1.92. The van der Waals surface area contributed by atoms with Crippen LogP contribution in [0.2, 0.25) is 0 Å². The molecular formula is C17H20N2O2S. The van der Waals surface area contributed by atoms with Crippen molar-refractivity contribution in [2.75, 3.05) is 13.1 Å². The SMILES string of the molecule is O=S(=O)(NCC1CCCN1)c1cccc(-c2ccccc2)c1. The third kappa shape index (κ3) is 3.55. The van der Waals surface area contributed by atoms with Crippen LogP contribution in [0.3, 0.4) is 0 Å². The van der Waals surface area contributed by atoms with Crippen molar-refractivity contribution in [1.29, 1.82) is 0 Å². The molecule has 1 heterocycles. The van der Waals surface area contributed by atoms with Gasteiger partial charge in [0.1, 0.15) is 0 Å². The van der Waals surface area contributed by atoms with E-state index in [9.17, 15) is 8.42 Å². The van der Waals surface area contributed by atoms with E-state index in [0.717, 1.165) is 30.5 Å². The van der Waals surface area contributed by atoms with Crippen molar-refractivity contribution in [3.8, 4) is 11.1 Å².